The Bertz CT molecular complexity index is 965. The average Bonchev–Trinajstić information content (AvgIpc) is 2.90. The number of benzene rings is 2. The smallest absolute Gasteiger partial charge is 0.254 e. The summed E-state index contributed by atoms with van der Waals surface area (Å²) in [7, 11) is -3.74. The number of amides is 1. The highest BCUT2D eigenvalue weighted by molar-refractivity contribution is 7.92. The molecule has 3 aromatic rings. The number of hydrogen-bond donors (Lipinski definition) is 1. The average molecular weight is 350 g/mol. The van der Waals surface area contributed by atoms with Gasteiger partial charge >= 0.3 is 0 Å². The largest absolute Gasteiger partial charge is 0.272 e. The molecule has 2 aromatic carbocycles. The molecule has 0 spiro atoms. The van der Waals surface area contributed by atoms with E-state index in [0.717, 1.165) is 0 Å². The van der Waals surface area contributed by atoms with Crippen molar-refractivity contribution in [1.82, 2.24) is 9.66 Å². The lowest BCUT2D eigenvalue weighted by Crippen LogP contribution is -2.28. The number of rotatable bonds is 4. The minimum atomic E-state index is -3.74. The molecule has 0 aliphatic heterocycles. The topological polar surface area (TPSA) is 81.1 Å². The summed E-state index contributed by atoms with van der Waals surface area (Å²) in [5.41, 5.74) is 3.90. The Morgan fingerprint density at radius 2 is 1.83 bits per heavy atom. The Balaban J connectivity index is 1.77. The Kier molecular flexibility index (Phi) is 4.06. The summed E-state index contributed by atoms with van der Waals surface area (Å²) >= 11 is 5.73. The maximum atomic E-state index is 12.2. The fraction of sp³-hybridized carbons (Fsp3) is 0.0667. The fourth-order valence-electron chi connectivity index (χ4n) is 2.11. The summed E-state index contributed by atoms with van der Waals surface area (Å²) in [6.45, 7) is 0. The molecule has 0 unspecified atom stereocenters. The van der Waals surface area contributed by atoms with Gasteiger partial charge in [0.2, 0.25) is 0 Å². The van der Waals surface area contributed by atoms with Crippen molar-refractivity contribution in [2.45, 2.75) is 4.90 Å². The van der Waals surface area contributed by atoms with Crippen molar-refractivity contribution in [1.29, 1.82) is 0 Å². The number of carbonyl (C=O) groups excluding carboxylic acids is 1. The van der Waals surface area contributed by atoms with Gasteiger partial charge in [-0.2, -0.15) is 0 Å². The van der Waals surface area contributed by atoms with E-state index in [4.69, 9.17) is 11.6 Å². The van der Waals surface area contributed by atoms with Crippen LogP contribution in [0, 0.1) is 0 Å². The van der Waals surface area contributed by atoms with Crippen LogP contribution in [0.3, 0.4) is 0 Å². The van der Waals surface area contributed by atoms with E-state index in [0.29, 0.717) is 16.1 Å². The lowest BCUT2D eigenvalue weighted by atomic mass is 10.3. The quantitative estimate of drug-likeness (QED) is 0.783. The zero-order valence-electron chi connectivity index (χ0n) is 11.8. The predicted molar refractivity (Wildman–Crippen MR) is 87.6 cm³/mol. The molecule has 0 atom stereocenters. The van der Waals surface area contributed by atoms with Gasteiger partial charge in [0.05, 0.1) is 15.9 Å². The molecule has 6 nitrogen and oxygen atoms in total. The van der Waals surface area contributed by atoms with Crippen LogP contribution in [0.2, 0.25) is 5.02 Å². The van der Waals surface area contributed by atoms with Gasteiger partial charge in [-0.3, -0.25) is 10.2 Å². The van der Waals surface area contributed by atoms with Crippen LogP contribution in [-0.2, 0) is 14.6 Å². The van der Waals surface area contributed by atoms with E-state index in [1.165, 1.54) is 35.3 Å². The molecule has 0 radical (unpaired) electrons. The number of hydrogen-bond acceptors (Lipinski definition) is 4. The SMILES string of the molecule is O=C(CS(=O)(=O)c1ccc(Cl)cc1)Nn1cnc2ccccc21. The molecule has 118 valence electrons. The first kappa shape index (κ1) is 15.5. The number of nitrogens with zero attached hydrogens (tertiary/aromatic N) is 2. The highest BCUT2D eigenvalue weighted by atomic mass is 35.5. The van der Waals surface area contributed by atoms with Gasteiger partial charge < -0.3 is 0 Å². The number of nitrogens with one attached hydrogen (secondary N) is 1. The third-order valence-electron chi connectivity index (χ3n) is 3.19. The van der Waals surface area contributed by atoms with E-state index in [1.54, 1.807) is 18.2 Å². The number of para-hydroxylation sites is 2. The lowest BCUT2D eigenvalue weighted by Gasteiger charge is -2.08. The summed E-state index contributed by atoms with van der Waals surface area (Å²) < 4.78 is 25.8. The van der Waals surface area contributed by atoms with E-state index in [2.05, 4.69) is 10.4 Å². The third kappa shape index (κ3) is 3.35. The summed E-state index contributed by atoms with van der Waals surface area (Å²) in [6, 6.07) is 12.9. The van der Waals surface area contributed by atoms with Gasteiger partial charge in [0.25, 0.3) is 5.91 Å². The van der Waals surface area contributed by atoms with Gasteiger partial charge in [-0.1, -0.05) is 23.7 Å². The molecule has 0 saturated carbocycles. The van der Waals surface area contributed by atoms with Crippen molar-refractivity contribution in [2.75, 3.05) is 11.2 Å². The molecule has 8 heteroatoms. The van der Waals surface area contributed by atoms with Crippen LogP contribution in [0.5, 0.6) is 0 Å². The standard InChI is InChI=1S/C15H12ClN3O3S/c16-11-5-7-12(8-6-11)23(21,22)9-15(20)18-19-10-17-13-3-1-2-4-14(13)19/h1-8,10H,9H2,(H,18,20). The van der Waals surface area contributed by atoms with Crippen molar-refractivity contribution < 1.29 is 13.2 Å². The first-order valence-electron chi connectivity index (χ1n) is 6.66. The minimum Gasteiger partial charge on any atom is -0.272 e. The fourth-order valence-corrected chi connectivity index (χ4v) is 3.37. The van der Waals surface area contributed by atoms with Crippen LogP contribution in [0.4, 0.5) is 0 Å². The zero-order valence-corrected chi connectivity index (χ0v) is 13.4. The van der Waals surface area contributed by atoms with Crippen molar-refractivity contribution in [3.05, 3.63) is 59.9 Å². The molecule has 1 amide bonds. The highest BCUT2D eigenvalue weighted by Gasteiger charge is 2.19. The van der Waals surface area contributed by atoms with Crippen LogP contribution in [-0.4, -0.2) is 29.7 Å². The Morgan fingerprint density at radius 1 is 1.13 bits per heavy atom. The Hall–Kier alpha value is -2.38. The van der Waals surface area contributed by atoms with Crippen molar-refractivity contribution in [3.63, 3.8) is 0 Å². The number of halogens is 1. The Morgan fingerprint density at radius 3 is 2.57 bits per heavy atom. The van der Waals surface area contributed by atoms with Gasteiger partial charge in [0.1, 0.15) is 12.1 Å². The molecule has 0 fully saturated rings. The first-order chi connectivity index (χ1) is 11.0. The second kappa shape index (κ2) is 6.02. The zero-order chi connectivity index (χ0) is 16.4. The number of aromatic nitrogens is 2. The van der Waals surface area contributed by atoms with Gasteiger partial charge in [0.15, 0.2) is 9.84 Å². The molecule has 1 N–H and O–H groups in total. The summed E-state index contributed by atoms with van der Waals surface area (Å²) in [4.78, 5) is 16.2. The normalized spacial score (nSPS) is 11.5. The predicted octanol–water partition coefficient (Wildman–Crippen LogP) is 2.23. The van der Waals surface area contributed by atoms with E-state index in [1.807, 2.05) is 6.07 Å². The maximum Gasteiger partial charge on any atom is 0.254 e. The molecule has 3 rings (SSSR count). The van der Waals surface area contributed by atoms with E-state index >= 15 is 0 Å². The second-order valence-electron chi connectivity index (χ2n) is 4.85. The van der Waals surface area contributed by atoms with E-state index in [-0.39, 0.29) is 4.90 Å². The maximum absolute atomic E-state index is 12.2. The van der Waals surface area contributed by atoms with Gasteiger partial charge in [-0.15, -0.1) is 0 Å². The molecule has 0 aliphatic rings. The van der Waals surface area contributed by atoms with Crippen LogP contribution in [0.25, 0.3) is 11.0 Å². The van der Waals surface area contributed by atoms with Gasteiger partial charge in [-0.05, 0) is 36.4 Å². The highest BCUT2D eigenvalue weighted by Crippen LogP contribution is 2.15. The summed E-state index contributed by atoms with van der Waals surface area (Å²) in [6.07, 6.45) is 1.43. The number of carbonyl (C=O) groups is 1. The Labute approximate surface area is 137 Å². The molecular weight excluding hydrogens is 338 g/mol. The molecule has 1 heterocycles. The van der Waals surface area contributed by atoms with Crippen LogP contribution >= 0.6 is 11.6 Å². The molecule has 0 aliphatic carbocycles. The first-order valence-corrected chi connectivity index (χ1v) is 8.69. The van der Waals surface area contributed by atoms with Crippen molar-refractivity contribution in [2.24, 2.45) is 0 Å². The number of fused-ring (bicyclic) bond motifs is 1. The van der Waals surface area contributed by atoms with E-state index < -0.39 is 21.5 Å². The number of imidazole rings is 1. The summed E-state index contributed by atoms with van der Waals surface area (Å²) in [5.74, 6) is -1.32. The summed E-state index contributed by atoms with van der Waals surface area (Å²) in [5, 5.41) is 0.429. The third-order valence-corrected chi connectivity index (χ3v) is 5.08. The van der Waals surface area contributed by atoms with Crippen LogP contribution in [0.1, 0.15) is 0 Å². The van der Waals surface area contributed by atoms with Gasteiger partial charge in [-0.25, -0.2) is 18.1 Å². The molecule has 0 bridgehead atoms. The van der Waals surface area contributed by atoms with Crippen LogP contribution in [0.15, 0.2) is 59.8 Å². The monoisotopic (exact) mass is 349 g/mol. The molecular formula is C15H12ClN3O3S. The minimum absolute atomic E-state index is 0.0486. The molecule has 0 saturated heterocycles. The second-order valence-corrected chi connectivity index (χ2v) is 7.28. The van der Waals surface area contributed by atoms with Gasteiger partial charge in [0, 0.05) is 5.02 Å². The molecule has 23 heavy (non-hydrogen) atoms. The van der Waals surface area contributed by atoms with E-state index in [9.17, 15) is 13.2 Å². The lowest BCUT2D eigenvalue weighted by molar-refractivity contribution is -0.114. The van der Waals surface area contributed by atoms with Crippen LogP contribution < -0.4 is 5.43 Å². The van der Waals surface area contributed by atoms with Crippen molar-refractivity contribution >= 4 is 38.4 Å². The molecule has 1 aromatic heterocycles. The number of sulfone groups is 1. The van der Waals surface area contributed by atoms with Crippen molar-refractivity contribution in [3.8, 4) is 0 Å².